The summed E-state index contributed by atoms with van der Waals surface area (Å²) >= 11 is 0. The van der Waals surface area contributed by atoms with Crippen molar-refractivity contribution in [2.24, 2.45) is 0 Å². The molecule has 0 saturated heterocycles. The molecule has 1 heterocycles. The monoisotopic (exact) mass is 226 g/mol. The molecular weight excluding hydrogens is 208 g/mol. The summed E-state index contributed by atoms with van der Waals surface area (Å²) < 4.78 is 0. The minimum Gasteiger partial charge on any atom is -0.319 e. The maximum Gasteiger partial charge on any atom is 0.0306 e. The predicted molar refractivity (Wildman–Crippen MR) is 71.2 cm³/mol. The first-order valence-corrected chi connectivity index (χ1v) is 5.93. The van der Waals surface area contributed by atoms with Crippen LogP contribution in [0.25, 0.3) is 0 Å². The molecule has 0 fully saturated rings. The van der Waals surface area contributed by atoms with Gasteiger partial charge >= 0.3 is 0 Å². The van der Waals surface area contributed by atoms with Gasteiger partial charge in [0.25, 0.3) is 0 Å². The van der Waals surface area contributed by atoms with Gasteiger partial charge < -0.3 is 5.32 Å². The Morgan fingerprint density at radius 3 is 2.65 bits per heavy atom. The molecule has 88 valence electrons. The third-order valence-corrected chi connectivity index (χ3v) is 3.06. The summed E-state index contributed by atoms with van der Waals surface area (Å²) in [5.41, 5.74) is 3.96. The topological polar surface area (TPSA) is 24.9 Å². The summed E-state index contributed by atoms with van der Waals surface area (Å²) in [4.78, 5) is 4.22. The van der Waals surface area contributed by atoms with E-state index in [0.29, 0.717) is 5.92 Å². The Balaban J connectivity index is 2.39. The Morgan fingerprint density at radius 1 is 1.18 bits per heavy atom. The predicted octanol–water partition coefficient (Wildman–Crippen LogP) is 2.74. The van der Waals surface area contributed by atoms with Crippen molar-refractivity contribution in [3.05, 3.63) is 65.5 Å². The number of aryl methyl sites for hydroxylation is 1. The molecule has 0 spiro atoms. The lowest BCUT2D eigenvalue weighted by Gasteiger charge is -2.19. The van der Waals surface area contributed by atoms with Crippen LogP contribution in [-0.2, 0) is 0 Å². The second kappa shape index (κ2) is 5.60. The highest BCUT2D eigenvalue weighted by Gasteiger charge is 2.14. The Morgan fingerprint density at radius 2 is 2.00 bits per heavy atom. The Labute approximate surface area is 103 Å². The fourth-order valence-electron chi connectivity index (χ4n) is 2.17. The Hall–Kier alpha value is -1.67. The normalized spacial score (nSPS) is 12.4. The van der Waals surface area contributed by atoms with Crippen molar-refractivity contribution < 1.29 is 0 Å². The van der Waals surface area contributed by atoms with Gasteiger partial charge in [0.15, 0.2) is 0 Å². The van der Waals surface area contributed by atoms with Crippen LogP contribution in [-0.4, -0.2) is 18.6 Å². The number of rotatable bonds is 4. The number of likely N-dealkylation sites (N-methyl/N-ethyl adjacent to an activating group) is 1. The molecule has 0 radical (unpaired) electrons. The summed E-state index contributed by atoms with van der Waals surface area (Å²) in [7, 11) is 1.99. The van der Waals surface area contributed by atoms with Gasteiger partial charge in [0, 0.05) is 24.9 Å². The molecule has 1 atom stereocenters. The van der Waals surface area contributed by atoms with Gasteiger partial charge in [-0.2, -0.15) is 0 Å². The molecule has 0 aliphatic carbocycles. The van der Waals surface area contributed by atoms with E-state index in [1.807, 2.05) is 25.5 Å². The summed E-state index contributed by atoms with van der Waals surface area (Å²) in [6, 6.07) is 12.7. The van der Waals surface area contributed by atoms with Gasteiger partial charge in [-0.1, -0.05) is 30.3 Å². The van der Waals surface area contributed by atoms with Gasteiger partial charge in [0.1, 0.15) is 0 Å². The molecule has 1 aromatic heterocycles. The van der Waals surface area contributed by atoms with Crippen molar-refractivity contribution in [3.8, 4) is 0 Å². The summed E-state index contributed by atoms with van der Waals surface area (Å²) in [6.07, 6.45) is 3.77. The maximum absolute atomic E-state index is 4.22. The number of nitrogens with zero attached hydrogens (tertiary/aromatic N) is 1. The smallest absolute Gasteiger partial charge is 0.0306 e. The van der Waals surface area contributed by atoms with Gasteiger partial charge in [-0.3, -0.25) is 4.98 Å². The van der Waals surface area contributed by atoms with E-state index in [1.165, 1.54) is 16.7 Å². The molecule has 0 saturated carbocycles. The highest BCUT2D eigenvalue weighted by molar-refractivity contribution is 5.36. The first kappa shape index (κ1) is 11.8. The van der Waals surface area contributed by atoms with E-state index in [9.17, 15) is 0 Å². The minimum atomic E-state index is 0.370. The average molecular weight is 226 g/mol. The molecular formula is C15H18N2. The zero-order valence-electron chi connectivity index (χ0n) is 10.4. The number of benzene rings is 1. The first-order chi connectivity index (χ1) is 8.33. The van der Waals surface area contributed by atoms with Crippen molar-refractivity contribution in [1.29, 1.82) is 0 Å². The number of hydrogen-bond donors (Lipinski definition) is 1. The van der Waals surface area contributed by atoms with E-state index < -0.39 is 0 Å². The van der Waals surface area contributed by atoms with Crippen LogP contribution < -0.4 is 5.32 Å². The summed E-state index contributed by atoms with van der Waals surface area (Å²) in [6.45, 7) is 3.09. The van der Waals surface area contributed by atoms with E-state index in [-0.39, 0.29) is 0 Å². The van der Waals surface area contributed by atoms with Gasteiger partial charge in [-0.15, -0.1) is 0 Å². The lowest BCUT2D eigenvalue weighted by atomic mass is 9.89. The largest absolute Gasteiger partial charge is 0.319 e. The molecule has 0 amide bonds. The zero-order valence-corrected chi connectivity index (χ0v) is 10.4. The van der Waals surface area contributed by atoms with Crippen LogP contribution in [0.5, 0.6) is 0 Å². The minimum absolute atomic E-state index is 0.370. The maximum atomic E-state index is 4.22. The quantitative estimate of drug-likeness (QED) is 0.867. The standard InChI is InChI=1S/C15H18N2/c1-12-6-3-4-8-14(12)15(11-16-2)13-7-5-9-17-10-13/h3-10,15-16H,11H2,1-2H3. The number of nitrogens with one attached hydrogen (secondary N) is 1. The van der Waals surface area contributed by atoms with E-state index >= 15 is 0 Å². The number of pyridine rings is 1. The lowest BCUT2D eigenvalue weighted by Crippen LogP contribution is -2.19. The molecule has 0 aliphatic heterocycles. The molecule has 1 aromatic carbocycles. The van der Waals surface area contributed by atoms with Crippen molar-refractivity contribution in [3.63, 3.8) is 0 Å². The van der Waals surface area contributed by atoms with Crippen molar-refractivity contribution >= 4 is 0 Å². The van der Waals surface area contributed by atoms with Gasteiger partial charge in [-0.25, -0.2) is 0 Å². The van der Waals surface area contributed by atoms with Crippen LogP contribution in [0.1, 0.15) is 22.6 Å². The highest BCUT2D eigenvalue weighted by atomic mass is 14.8. The van der Waals surface area contributed by atoms with E-state index in [2.05, 4.69) is 47.6 Å². The number of aromatic nitrogens is 1. The van der Waals surface area contributed by atoms with Crippen molar-refractivity contribution in [2.45, 2.75) is 12.8 Å². The SMILES string of the molecule is CNCC(c1cccnc1)c1ccccc1C. The fraction of sp³-hybridized carbons (Fsp3) is 0.267. The number of hydrogen-bond acceptors (Lipinski definition) is 2. The Kier molecular flexibility index (Phi) is 3.89. The molecule has 2 nitrogen and oxygen atoms in total. The van der Waals surface area contributed by atoms with Crippen LogP contribution >= 0.6 is 0 Å². The molecule has 2 rings (SSSR count). The first-order valence-electron chi connectivity index (χ1n) is 5.93. The fourth-order valence-corrected chi connectivity index (χ4v) is 2.17. The lowest BCUT2D eigenvalue weighted by molar-refractivity contribution is 0.702. The summed E-state index contributed by atoms with van der Waals surface area (Å²) in [5, 5.41) is 3.26. The van der Waals surface area contributed by atoms with Gasteiger partial charge in [0.2, 0.25) is 0 Å². The van der Waals surface area contributed by atoms with Crippen LogP contribution in [0.15, 0.2) is 48.8 Å². The van der Waals surface area contributed by atoms with E-state index in [1.54, 1.807) is 0 Å². The van der Waals surface area contributed by atoms with Crippen LogP contribution in [0, 0.1) is 6.92 Å². The molecule has 2 aromatic rings. The molecule has 0 aliphatic rings. The van der Waals surface area contributed by atoms with E-state index in [0.717, 1.165) is 6.54 Å². The average Bonchev–Trinajstić information content (AvgIpc) is 2.38. The van der Waals surface area contributed by atoms with Crippen LogP contribution in [0.2, 0.25) is 0 Å². The summed E-state index contributed by atoms with van der Waals surface area (Å²) in [5.74, 6) is 0.370. The second-order valence-corrected chi connectivity index (χ2v) is 4.25. The molecule has 17 heavy (non-hydrogen) atoms. The van der Waals surface area contributed by atoms with Crippen LogP contribution in [0.3, 0.4) is 0 Å². The molecule has 1 unspecified atom stereocenters. The molecule has 1 N–H and O–H groups in total. The van der Waals surface area contributed by atoms with Crippen molar-refractivity contribution in [1.82, 2.24) is 10.3 Å². The third-order valence-electron chi connectivity index (χ3n) is 3.06. The highest BCUT2D eigenvalue weighted by Crippen LogP contribution is 2.25. The van der Waals surface area contributed by atoms with Gasteiger partial charge in [-0.05, 0) is 36.7 Å². The van der Waals surface area contributed by atoms with Crippen molar-refractivity contribution in [2.75, 3.05) is 13.6 Å². The molecule has 2 heteroatoms. The van der Waals surface area contributed by atoms with E-state index in [4.69, 9.17) is 0 Å². The third kappa shape index (κ3) is 2.71. The molecule has 0 bridgehead atoms. The zero-order chi connectivity index (χ0) is 12.1. The second-order valence-electron chi connectivity index (χ2n) is 4.25. The Bertz CT molecular complexity index is 465. The van der Waals surface area contributed by atoms with Crippen LogP contribution in [0.4, 0.5) is 0 Å². The van der Waals surface area contributed by atoms with Gasteiger partial charge in [0.05, 0.1) is 0 Å².